The lowest BCUT2D eigenvalue weighted by atomic mass is 10.1. The number of ether oxygens (including phenoxy) is 1. The maximum atomic E-state index is 12.5. The van der Waals surface area contributed by atoms with E-state index in [0.717, 1.165) is 16.6 Å². The molecule has 5 nitrogen and oxygen atoms in total. The molecule has 0 fully saturated rings. The van der Waals surface area contributed by atoms with Gasteiger partial charge in [0, 0.05) is 23.7 Å². The van der Waals surface area contributed by atoms with Crippen molar-refractivity contribution >= 4 is 22.6 Å². The first kappa shape index (κ1) is 17.0. The molecule has 0 aliphatic rings. The molecule has 0 atom stereocenters. The second-order valence-electron chi connectivity index (χ2n) is 6.14. The van der Waals surface area contributed by atoms with E-state index >= 15 is 0 Å². The lowest BCUT2D eigenvalue weighted by Gasteiger charge is -2.09. The Morgan fingerprint density at radius 3 is 2.60 bits per heavy atom. The molecule has 0 unspecified atom stereocenters. The maximum Gasteiger partial charge on any atom is 0.291 e. The topological polar surface area (TPSA) is 63.5 Å². The van der Waals surface area contributed by atoms with Gasteiger partial charge in [-0.15, -0.1) is 0 Å². The Morgan fingerprint density at radius 1 is 1.16 bits per heavy atom. The van der Waals surface area contributed by atoms with Gasteiger partial charge in [0.25, 0.3) is 5.91 Å². The predicted octanol–water partition coefficient (Wildman–Crippen LogP) is 4.19. The van der Waals surface area contributed by atoms with Crippen molar-refractivity contribution in [3.8, 4) is 5.75 Å². The van der Waals surface area contributed by atoms with E-state index in [1.165, 1.54) is 0 Å². The highest BCUT2D eigenvalue weighted by molar-refractivity contribution is 6.05. The lowest BCUT2D eigenvalue weighted by Crippen LogP contribution is -2.21. The second kappa shape index (κ2) is 7.40. The summed E-state index contributed by atoms with van der Waals surface area (Å²) in [6.45, 7) is 4.88. The molecule has 0 saturated carbocycles. The van der Waals surface area contributed by atoms with Crippen molar-refractivity contribution in [1.29, 1.82) is 0 Å². The zero-order valence-corrected chi connectivity index (χ0v) is 14.6. The van der Waals surface area contributed by atoms with Gasteiger partial charge in [-0.1, -0.05) is 38.1 Å². The zero-order chi connectivity index (χ0) is 17.8. The van der Waals surface area contributed by atoms with Gasteiger partial charge >= 0.3 is 0 Å². The number of benzene rings is 2. The zero-order valence-electron chi connectivity index (χ0n) is 14.6. The summed E-state index contributed by atoms with van der Waals surface area (Å²) in [7, 11) is 1.59. The molecule has 2 aromatic carbocycles. The molecule has 0 spiro atoms. The average molecular weight is 338 g/mol. The van der Waals surface area contributed by atoms with Gasteiger partial charge in [-0.3, -0.25) is 4.79 Å². The van der Waals surface area contributed by atoms with Crippen LogP contribution in [0.5, 0.6) is 5.75 Å². The van der Waals surface area contributed by atoms with Crippen molar-refractivity contribution in [2.24, 2.45) is 0 Å². The second-order valence-corrected chi connectivity index (χ2v) is 6.14. The summed E-state index contributed by atoms with van der Waals surface area (Å²) >= 11 is 0. The lowest BCUT2D eigenvalue weighted by molar-refractivity contribution is 0.0998. The number of rotatable bonds is 6. The summed E-state index contributed by atoms with van der Waals surface area (Å²) < 4.78 is 11.2. The van der Waals surface area contributed by atoms with Crippen LogP contribution < -0.4 is 15.4 Å². The Labute approximate surface area is 147 Å². The fourth-order valence-electron chi connectivity index (χ4n) is 2.61. The highest BCUT2D eigenvalue weighted by atomic mass is 16.5. The quantitative estimate of drug-likeness (QED) is 0.707. The Morgan fingerprint density at radius 2 is 1.92 bits per heavy atom. The summed E-state index contributed by atoms with van der Waals surface area (Å²) in [5, 5.41) is 7.10. The highest BCUT2D eigenvalue weighted by Gasteiger charge is 2.17. The van der Waals surface area contributed by atoms with Crippen molar-refractivity contribution in [2.75, 3.05) is 12.4 Å². The number of carbonyl (C=O) groups excluding carboxylic acids is 1. The largest absolute Gasteiger partial charge is 0.493 e. The first-order chi connectivity index (χ1) is 12.1. The van der Waals surface area contributed by atoms with Crippen molar-refractivity contribution in [3.05, 3.63) is 59.9 Å². The minimum atomic E-state index is -0.285. The van der Waals surface area contributed by atoms with Crippen LogP contribution in [-0.4, -0.2) is 19.1 Å². The van der Waals surface area contributed by atoms with Crippen LogP contribution in [0, 0.1) is 0 Å². The first-order valence-corrected chi connectivity index (χ1v) is 8.27. The van der Waals surface area contributed by atoms with Crippen LogP contribution in [-0.2, 0) is 6.54 Å². The molecule has 2 N–H and O–H groups in total. The van der Waals surface area contributed by atoms with E-state index in [1.807, 2.05) is 42.5 Å². The fourth-order valence-corrected chi connectivity index (χ4v) is 2.61. The molecule has 0 aliphatic carbocycles. The number of methoxy groups -OCH3 is 1. The van der Waals surface area contributed by atoms with Gasteiger partial charge in [-0.2, -0.15) is 0 Å². The summed E-state index contributed by atoms with van der Waals surface area (Å²) in [4.78, 5) is 12.5. The highest BCUT2D eigenvalue weighted by Crippen LogP contribution is 2.32. The molecule has 3 aromatic rings. The van der Waals surface area contributed by atoms with Crippen LogP contribution in [0.3, 0.4) is 0 Å². The number of fused-ring (bicyclic) bond motifs is 1. The smallest absolute Gasteiger partial charge is 0.291 e. The molecule has 1 heterocycles. The van der Waals surface area contributed by atoms with Crippen LogP contribution in [0.1, 0.15) is 30.0 Å². The van der Waals surface area contributed by atoms with Crippen LogP contribution in [0.2, 0.25) is 0 Å². The number of anilines is 1. The third kappa shape index (κ3) is 3.83. The molecule has 0 aliphatic heterocycles. The van der Waals surface area contributed by atoms with E-state index in [2.05, 4.69) is 24.5 Å². The predicted molar refractivity (Wildman–Crippen MR) is 99.1 cm³/mol. The molecular formula is C20H22N2O3. The van der Waals surface area contributed by atoms with E-state index < -0.39 is 0 Å². The minimum absolute atomic E-state index is 0.258. The summed E-state index contributed by atoms with van der Waals surface area (Å²) in [5.74, 6) is 0.587. The van der Waals surface area contributed by atoms with Gasteiger partial charge in [-0.25, -0.2) is 0 Å². The van der Waals surface area contributed by atoms with Crippen LogP contribution in [0.4, 0.5) is 5.69 Å². The van der Waals surface area contributed by atoms with Crippen molar-refractivity contribution in [3.63, 3.8) is 0 Å². The van der Waals surface area contributed by atoms with Crippen molar-refractivity contribution in [1.82, 2.24) is 5.32 Å². The molecule has 25 heavy (non-hydrogen) atoms. The SMILES string of the molecule is COc1ccc(CNC(C)C)c2cc(C(=O)Nc3ccccc3)oc12. The minimum Gasteiger partial charge on any atom is -0.493 e. The van der Waals surface area contributed by atoms with Gasteiger partial charge < -0.3 is 19.8 Å². The number of hydrogen-bond acceptors (Lipinski definition) is 4. The molecule has 1 aromatic heterocycles. The molecule has 5 heteroatoms. The number of carbonyl (C=O) groups is 1. The van der Waals surface area contributed by atoms with Gasteiger partial charge in [0.15, 0.2) is 17.1 Å². The van der Waals surface area contributed by atoms with E-state index in [4.69, 9.17) is 9.15 Å². The summed E-state index contributed by atoms with van der Waals surface area (Å²) in [5.41, 5.74) is 2.37. The summed E-state index contributed by atoms with van der Waals surface area (Å²) in [6.07, 6.45) is 0. The van der Waals surface area contributed by atoms with Crippen LogP contribution >= 0.6 is 0 Å². The summed E-state index contributed by atoms with van der Waals surface area (Å²) in [6, 6.07) is 15.3. The van der Waals surface area contributed by atoms with Crippen LogP contribution in [0.25, 0.3) is 11.0 Å². The van der Waals surface area contributed by atoms with Gasteiger partial charge in [0.05, 0.1) is 7.11 Å². The van der Waals surface area contributed by atoms with Gasteiger partial charge in [0.1, 0.15) is 0 Å². The average Bonchev–Trinajstić information content (AvgIpc) is 3.06. The Hall–Kier alpha value is -2.79. The molecule has 0 saturated heterocycles. The third-order valence-corrected chi connectivity index (χ3v) is 3.91. The monoisotopic (exact) mass is 338 g/mol. The standard InChI is InChI=1S/C20H22N2O3/c1-13(2)21-12-14-9-10-17(24-3)19-16(14)11-18(25-19)20(23)22-15-7-5-4-6-8-15/h4-11,13,21H,12H2,1-3H3,(H,22,23). The van der Waals surface area contributed by atoms with Crippen molar-refractivity contribution < 1.29 is 13.9 Å². The molecule has 0 radical (unpaired) electrons. The van der Waals surface area contributed by atoms with E-state index in [-0.39, 0.29) is 11.7 Å². The van der Waals surface area contributed by atoms with E-state index in [0.29, 0.717) is 23.9 Å². The first-order valence-electron chi connectivity index (χ1n) is 8.27. The Balaban J connectivity index is 1.94. The van der Waals surface area contributed by atoms with Crippen LogP contribution in [0.15, 0.2) is 52.9 Å². The number of para-hydroxylation sites is 1. The number of nitrogens with one attached hydrogen (secondary N) is 2. The van der Waals surface area contributed by atoms with E-state index in [1.54, 1.807) is 13.2 Å². The van der Waals surface area contributed by atoms with Gasteiger partial charge in [-0.05, 0) is 29.8 Å². The van der Waals surface area contributed by atoms with Crippen molar-refractivity contribution in [2.45, 2.75) is 26.4 Å². The third-order valence-electron chi connectivity index (χ3n) is 3.91. The molecule has 3 rings (SSSR count). The van der Waals surface area contributed by atoms with E-state index in [9.17, 15) is 4.79 Å². The molecule has 1 amide bonds. The van der Waals surface area contributed by atoms with Gasteiger partial charge in [0.2, 0.25) is 0 Å². The molecular weight excluding hydrogens is 316 g/mol. The number of hydrogen-bond donors (Lipinski definition) is 2. The Bertz CT molecular complexity index is 869. The number of amides is 1. The molecule has 130 valence electrons. The maximum absolute atomic E-state index is 12.5. The Kier molecular flexibility index (Phi) is 5.05. The molecule has 0 bridgehead atoms. The number of furan rings is 1. The fraction of sp³-hybridized carbons (Fsp3) is 0.250. The normalized spacial score (nSPS) is 11.0.